The Morgan fingerprint density at radius 2 is 1.72 bits per heavy atom. The van der Waals surface area contributed by atoms with Gasteiger partial charge in [0.2, 0.25) is 33.6 Å². The Morgan fingerprint density at radius 1 is 1.07 bits per heavy atom. The van der Waals surface area contributed by atoms with Gasteiger partial charge < -0.3 is 24.8 Å². The molecule has 3 heterocycles. The Hall–Kier alpha value is -4.47. The normalized spacial score (nSPS) is 30.5. The predicted octanol–water partition coefficient (Wildman–Crippen LogP) is 4.02. The van der Waals surface area contributed by atoms with E-state index in [4.69, 9.17) is 9.47 Å². The van der Waals surface area contributed by atoms with Crippen molar-refractivity contribution in [2.45, 2.75) is 121 Å². The summed E-state index contributed by atoms with van der Waals surface area (Å²) >= 11 is 0. The average Bonchev–Trinajstić information content (AvgIpc) is 3.98. The summed E-state index contributed by atoms with van der Waals surface area (Å²) in [5.41, 5.74) is -2.54. The van der Waals surface area contributed by atoms with E-state index in [2.05, 4.69) is 27.2 Å². The van der Waals surface area contributed by atoms with Crippen LogP contribution in [0.3, 0.4) is 0 Å². The molecule has 15 nitrogen and oxygen atoms in total. The lowest BCUT2D eigenvalue weighted by atomic mass is 9.85. The summed E-state index contributed by atoms with van der Waals surface area (Å²) in [6.07, 6.45) is 4.65. The van der Waals surface area contributed by atoms with Crippen molar-refractivity contribution in [2.75, 3.05) is 13.7 Å². The largest absolute Gasteiger partial charge is 0.479 e. The number of fused-ring (bicyclic) bond motifs is 3. The summed E-state index contributed by atoms with van der Waals surface area (Å²) in [6.45, 7) is 10.6. The van der Waals surface area contributed by atoms with Crippen molar-refractivity contribution in [3.8, 4) is 11.8 Å². The first-order chi connectivity index (χ1) is 25.3. The first-order valence-corrected chi connectivity index (χ1v) is 20.1. The number of sulfonamides is 1. The number of carboxylic acid groups (broad SMARTS) is 1. The molecule has 1 saturated heterocycles. The van der Waals surface area contributed by atoms with Crippen LogP contribution in [0.5, 0.6) is 11.8 Å². The highest BCUT2D eigenvalue weighted by Gasteiger charge is 2.63. The highest BCUT2D eigenvalue weighted by Crippen LogP contribution is 2.48. The number of carbonyl (C=O) groups is 4. The Bertz CT molecular complexity index is 1960. The number of amides is 4. The zero-order valence-corrected chi connectivity index (χ0v) is 32.8. The molecule has 3 N–H and O–H groups in total. The van der Waals surface area contributed by atoms with Crippen LogP contribution in [0.15, 0.2) is 36.4 Å². The lowest BCUT2D eigenvalue weighted by Crippen LogP contribution is -2.62. The first-order valence-electron chi connectivity index (χ1n) is 18.7. The summed E-state index contributed by atoms with van der Waals surface area (Å²) < 4.78 is 39.4. The van der Waals surface area contributed by atoms with Gasteiger partial charge in [0.1, 0.15) is 23.7 Å². The van der Waals surface area contributed by atoms with Gasteiger partial charge in [0, 0.05) is 17.9 Å². The summed E-state index contributed by atoms with van der Waals surface area (Å²) in [5, 5.41) is 23.1. The van der Waals surface area contributed by atoms with Gasteiger partial charge in [-0.25, -0.2) is 13.2 Å². The molecular weight excluding hydrogens is 717 g/mol. The highest BCUT2D eigenvalue weighted by molar-refractivity contribution is 7.91. The Labute approximate surface area is 316 Å². The minimum atomic E-state index is -4.02. The number of rotatable bonds is 7. The molecule has 0 unspecified atom stereocenters. The maximum absolute atomic E-state index is 15.0. The molecule has 1 aromatic heterocycles. The molecular formula is C38H52N6O9S. The molecule has 0 bridgehead atoms. The highest BCUT2D eigenvalue weighted by atomic mass is 32.2. The lowest BCUT2D eigenvalue weighted by molar-refractivity contribution is -0.146. The number of benzene rings is 1. The predicted molar refractivity (Wildman–Crippen MR) is 199 cm³/mol. The monoisotopic (exact) mass is 768 g/mol. The lowest BCUT2D eigenvalue weighted by Gasteiger charge is -2.43. The van der Waals surface area contributed by atoms with Gasteiger partial charge in [-0.05, 0) is 90.2 Å². The van der Waals surface area contributed by atoms with Crippen LogP contribution >= 0.6 is 0 Å². The zero-order valence-electron chi connectivity index (χ0n) is 32.0. The maximum Gasteiger partial charge on any atom is 0.408 e. The molecule has 2 saturated carbocycles. The molecule has 3 fully saturated rings. The zero-order chi connectivity index (χ0) is 39.4. The van der Waals surface area contributed by atoms with Gasteiger partial charge in [0.25, 0.3) is 5.91 Å². The van der Waals surface area contributed by atoms with Gasteiger partial charge >= 0.3 is 6.09 Å². The maximum atomic E-state index is 15.0. The minimum absolute atomic E-state index is 0.0196. The first kappa shape index (κ1) is 39.2. The van der Waals surface area contributed by atoms with Crippen LogP contribution in [0.25, 0.3) is 10.8 Å². The van der Waals surface area contributed by atoms with Crippen molar-refractivity contribution in [3.63, 3.8) is 0 Å². The molecule has 2 aromatic rings. The van der Waals surface area contributed by atoms with Gasteiger partial charge in [-0.2, -0.15) is 0 Å². The van der Waals surface area contributed by atoms with Gasteiger partial charge in [0.05, 0.1) is 29.2 Å². The van der Waals surface area contributed by atoms with E-state index in [0.29, 0.717) is 42.3 Å². The Balaban J connectivity index is 1.40. The van der Waals surface area contributed by atoms with Crippen molar-refractivity contribution < 1.29 is 42.2 Å². The number of hydrogen-bond donors (Lipinski definition) is 3. The molecule has 54 heavy (non-hydrogen) atoms. The van der Waals surface area contributed by atoms with E-state index in [0.717, 1.165) is 6.42 Å². The quantitative estimate of drug-likeness (QED) is 0.344. The third-order valence-corrected chi connectivity index (χ3v) is 13.7. The molecule has 4 amide bonds. The number of carbonyl (C=O) groups excluding carboxylic acids is 3. The van der Waals surface area contributed by atoms with E-state index in [-0.39, 0.29) is 31.2 Å². The van der Waals surface area contributed by atoms with Gasteiger partial charge in [-0.3, -0.25) is 24.0 Å². The molecule has 2 aliphatic carbocycles. The number of allylic oxidation sites excluding steroid dienone is 1. The molecule has 1 aromatic carbocycles. The van der Waals surface area contributed by atoms with Crippen LogP contribution in [0.4, 0.5) is 4.79 Å². The fraction of sp³-hybridized carbons (Fsp3) is 0.632. The minimum Gasteiger partial charge on any atom is -0.479 e. The van der Waals surface area contributed by atoms with Crippen LogP contribution in [-0.4, -0.2) is 105 Å². The van der Waals surface area contributed by atoms with Crippen molar-refractivity contribution in [3.05, 3.63) is 36.4 Å². The standard InChI is InChI=1S/C38H52N6O9S/c1-22-12-8-9-13-24-20-38(24,34(47)42-54(50,51)37(6)16-17-37)39-30(45)28-19-25(53-32-27-15-11-10-14-26(27)31(52-7)40-41-32)21-43(28)33(46)29(23(2)18-22)44(35(48)49)36(3,4)5/h9-11,13-15,22-25,28-29H,8,12,16-21H2,1-7H3,(H,39,45)(H,42,47)(H,48,49)/b13-9-/t22-,23-,24-,25-,28+,29+,38-/m1/s1. The number of hydrogen-bond acceptors (Lipinski definition) is 10. The smallest absolute Gasteiger partial charge is 0.408 e. The van der Waals surface area contributed by atoms with Crippen molar-refractivity contribution >= 4 is 44.6 Å². The fourth-order valence-electron chi connectivity index (χ4n) is 8.02. The molecule has 16 heteroatoms. The molecule has 6 rings (SSSR count). The van der Waals surface area contributed by atoms with E-state index >= 15 is 0 Å². The molecule has 0 radical (unpaired) electrons. The second kappa shape index (κ2) is 14.3. The van der Waals surface area contributed by atoms with Crippen molar-refractivity contribution in [2.24, 2.45) is 17.8 Å². The molecule has 7 atom stereocenters. The molecule has 2 aliphatic heterocycles. The topological polar surface area (TPSA) is 197 Å². The molecule has 294 valence electrons. The fourth-order valence-corrected chi connectivity index (χ4v) is 9.33. The van der Waals surface area contributed by atoms with Gasteiger partial charge in [-0.15, -0.1) is 10.2 Å². The molecule has 0 spiro atoms. The van der Waals surface area contributed by atoms with Crippen LogP contribution in [0, 0.1) is 17.8 Å². The summed E-state index contributed by atoms with van der Waals surface area (Å²) in [7, 11) is -2.54. The Morgan fingerprint density at radius 3 is 2.33 bits per heavy atom. The van der Waals surface area contributed by atoms with Crippen LogP contribution in [0.2, 0.25) is 0 Å². The van der Waals surface area contributed by atoms with Crippen LogP contribution in [0.1, 0.15) is 86.5 Å². The summed E-state index contributed by atoms with van der Waals surface area (Å²) in [4.78, 5) is 58.9. The summed E-state index contributed by atoms with van der Waals surface area (Å²) in [6, 6.07) is 4.87. The van der Waals surface area contributed by atoms with Crippen LogP contribution in [-0.2, 0) is 24.4 Å². The van der Waals surface area contributed by atoms with Gasteiger partial charge in [-0.1, -0.05) is 38.1 Å². The Kier molecular flexibility index (Phi) is 10.4. The van der Waals surface area contributed by atoms with Crippen molar-refractivity contribution in [1.82, 2.24) is 30.0 Å². The number of methoxy groups -OCH3 is 1. The van der Waals surface area contributed by atoms with E-state index in [9.17, 15) is 32.7 Å². The third-order valence-electron chi connectivity index (χ3n) is 11.5. The van der Waals surface area contributed by atoms with Gasteiger partial charge in [0.15, 0.2) is 0 Å². The number of nitrogens with zero attached hydrogens (tertiary/aromatic N) is 4. The third kappa shape index (κ3) is 7.45. The van der Waals surface area contributed by atoms with Crippen LogP contribution < -0.4 is 19.5 Å². The van der Waals surface area contributed by atoms with E-state index in [1.807, 2.05) is 25.1 Å². The average molecular weight is 769 g/mol. The number of aromatic nitrogens is 2. The number of nitrogens with one attached hydrogen (secondary N) is 2. The SMILES string of the molecule is COc1nnc(O[C@@H]2C[C@H]3C(=O)N[C@]4(C(=O)NS(=O)(=O)C5(C)CC5)C[C@H]4/C=C\CC[C@@H](C)C[C@@H](C)[C@H](N(C(=O)O)C(C)(C)C)C(=O)N3C2)c2ccccc12. The molecule has 4 aliphatic rings. The second-order valence-corrected chi connectivity index (χ2v) is 19.0. The number of ether oxygens (including phenoxy) is 2. The van der Waals surface area contributed by atoms with E-state index in [1.54, 1.807) is 45.9 Å². The second-order valence-electron chi connectivity index (χ2n) is 16.8. The van der Waals surface area contributed by atoms with E-state index < -0.39 is 79.7 Å². The summed E-state index contributed by atoms with van der Waals surface area (Å²) in [5.74, 6) is -2.41. The van der Waals surface area contributed by atoms with E-state index in [1.165, 1.54) is 16.9 Å². The van der Waals surface area contributed by atoms with Crippen molar-refractivity contribution in [1.29, 1.82) is 0 Å².